The predicted octanol–water partition coefficient (Wildman–Crippen LogP) is 1.46. The van der Waals surface area contributed by atoms with E-state index in [0.717, 1.165) is 0 Å². The molecule has 0 saturated heterocycles. The molecule has 0 spiro atoms. The molecule has 2 aromatic heterocycles. The van der Waals surface area contributed by atoms with Crippen molar-refractivity contribution in [3.63, 3.8) is 0 Å². The first-order valence-electron chi connectivity index (χ1n) is 6.97. The highest BCUT2D eigenvalue weighted by Gasteiger charge is 2.13. The zero-order valence-corrected chi connectivity index (χ0v) is 13.9. The highest BCUT2D eigenvalue weighted by Crippen LogP contribution is 2.15. The van der Waals surface area contributed by atoms with Gasteiger partial charge >= 0.3 is 0 Å². The Morgan fingerprint density at radius 3 is 2.71 bits per heavy atom. The van der Waals surface area contributed by atoms with Crippen LogP contribution < -0.4 is 10.0 Å². The number of sulfonamides is 1. The average molecular weight is 365 g/mol. The number of rotatable bonds is 6. The van der Waals surface area contributed by atoms with Gasteiger partial charge < -0.3 is 5.32 Å². The van der Waals surface area contributed by atoms with E-state index in [1.807, 2.05) is 0 Å². The van der Waals surface area contributed by atoms with E-state index in [-0.39, 0.29) is 11.4 Å². The van der Waals surface area contributed by atoms with Gasteiger partial charge in [-0.1, -0.05) is 17.7 Å². The first-order valence-corrected chi connectivity index (χ1v) is 8.83. The molecule has 0 aliphatic heterocycles. The molecular weight excluding hydrogens is 352 g/mol. The fourth-order valence-corrected chi connectivity index (χ4v) is 3.34. The van der Waals surface area contributed by atoms with Gasteiger partial charge in [0.25, 0.3) is 0 Å². The topological polar surface area (TPSA) is 110 Å². The van der Waals surface area contributed by atoms with Gasteiger partial charge in [0.05, 0.1) is 4.90 Å². The zero-order chi connectivity index (χ0) is 17.0. The van der Waals surface area contributed by atoms with Crippen LogP contribution >= 0.6 is 11.6 Å². The van der Waals surface area contributed by atoms with Crippen molar-refractivity contribution < 1.29 is 8.42 Å². The molecule has 0 aliphatic carbocycles. The lowest BCUT2D eigenvalue weighted by molar-refractivity contribution is 0.583. The first kappa shape index (κ1) is 16.5. The number of fused-ring (bicyclic) bond motifs is 1. The van der Waals surface area contributed by atoms with Crippen molar-refractivity contribution in [2.24, 2.45) is 0 Å². The van der Waals surface area contributed by atoms with Crippen LogP contribution in [0.15, 0.2) is 47.9 Å². The van der Waals surface area contributed by atoms with E-state index in [1.165, 1.54) is 24.7 Å². The number of nitrogens with one attached hydrogen (secondary N) is 2. The molecule has 3 aromatic rings. The number of aromatic nitrogens is 4. The molecule has 2 N–H and O–H groups in total. The summed E-state index contributed by atoms with van der Waals surface area (Å²) in [7, 11) is -3.61. The van der Waals surface area contributed by atoms with Crippen LogP contribution in [0.1, 0.15) is 0 Å². The average Bonchev–Trinajstić information content (AvgIpc) is 2.59. The summed E-state index contributed by atoms with van der Waals surface area (Å²) in [6, 6.07) is 6.07. The Balaban J connectivity index is 1.62. The third-order valence-electron chi connectivity index (χ3n) is 3.09. The summed E-state index contributed by atoms with van der Waals surface area (Å²) in [5.74, 6) is 0.495. The third-order valence-corrected chi connectivity index (χ3v) is 4.78. The van der Waals surface area contributed by atoms with Crippen molar-refractivity contribution >= 4 is 38.6 Å². The molecule has 0 aliphatic rings. The molecule has 10 heteroatoms. The molecule has 0 radical (unpaired) electrons. The number of hydrogen-bond acceptors (Lipinski definition) is 7. The van der Waals surface area contributed by atoms with Gasteiger partial charge in [-0.05, 0) is 18.2 Å². The zero-order valence-electron chi connectivity index (χ0n) is 12.3. The fourth-order valence-electron chi connectivity index (χ4n) is 2.01. The van der Waals surface area contributed by atoms with E-state index in [1.54, 1.807) is 18.3 Å². The first-order chi connectivity index (χ1) is 11.6. The second-order valence-corrected chi connectivity index (χ2v) is 6.94. The lowest BCUT2D eigenvalue weighted by Crippen LogP contribution is -2.29. The molecule has 0 amide bonds. The Bertz CT molecular complexity index is 961. The molecular formula is C14H13ClN6O2S. The predicted molar refractivity (Wildman–Crippen MR) is 90.3 cm³/mol. The van der Waals surface area contributed by atoms with E-state index in [4.69, 9.17) is 11.6 Å². The molecule has 124 valence electrons. The second kappa shape index (κ2) is 7.04. The van der Waals surface area contributed by atoms with Crippen molar-refractivity contribution in [1.29, 1.82) is 0 Å². The number of halogens is 1. The largest absolute Gasteiger partial charge is 0.367 e. The Labute approximate surface area is 143 Å². The Kier molecular flexibility index (Phi) is 4.84. The van der Waals surface area contributed by atoms with Gasteiger partial charge in [0.1, 0.15) is 11.8 Å². The van der Waals surface area contributed by atoms with Crippen LogP contribution in [0.25, 0.3) is 11.2 Å². The van der Waals surface area contributed by atoms with E-state index < -0.39 is 10.0 Å². The van der Waals surface area contributed by atoms with Crippen molar-refractivity contribution in [2.75, 3.05) is 18.4 Å². The maximum absolute atomic E-state index is 12.2. The molecule has 0 saturated carbocycles. The van der Waals surface area contributed by atoms with Gasteiger partial charge in [0.15, 0.2) is 11.5 Å². The summed E-state index contributed by atoms with van der Waals surface area (Å²) in [5, 5.41) is 3.38. The van der Waals surface area contributed by atoms with Gasteiger partial charge in [0, 0.05) is 30.5 Å². The van der Waals surface area contributed by atoms with Gasteiger partial charge in [-0.15, -0.1) is 0 Å². The molecule has 0 atom stereocenters. The van der Waals surface area contributed by atoms with Crippen LogP contribution in [-0.2, 0) is 10.0 Å². The second-order valence-electron chi connectivity index (χ2n) is 4.73. The summed E-state index contributed by atoms with van der Waals surface area (Å²) < 4.78 is 26.8. The number of benzene rings is 1. The lowest BCUT2D eigenvalue weighted by atomic mass is 10.4. The monoisotopic (exact) mass is 364 g/mol. The highest BCUT2D eigenvalue weighted by molar-refractivity contribution is 7.89. The van der Waals surface area contributed by atoms with Crippen molar-refractivity contribution in [3.05, 3.63) is 48.0 Å². The van der Waals surface area contributed by atoms with Crippen molar-refractivity contribution in [1.82, 2.24) is 24.7 Å². The number of nitrogens with zero attached hydrogens (tertiary/aromatic N) is 4. The minimum Gasteiger partial charge on any atom is -0.367 e. The molecule has 0 fully saturated rings. The van der Waals surface area contributed by atoms with Crippen LogP contribution in [0.2, 0.25) is 5.02 Å². The highest BCUT2D eigenvalue weighted by atomic mass is 35.5. The SMILES string of the molecule is O=S(=O)(NCCNc1ncnc2nccnc12)c1cccc(Cl)c1. The van der Waals surface area contributed by atoms with E-state index >= 15 is 0 Å². The summed E-state index contributed by atoms with van der Waals surface area (Å²) in [4.78, 5) is 16.5. The number of anilines is 1. The van der Waals surface area contributed by atoms with Crippen LogP contribution in [-0.4, -0.2) is 41.4 Å². The summed E-state index contributed by atoms with van der Waals surface area (Å²) in [6.45, 7) is 0.489. The Hall–Kier alpha value is -2.36. The van der Waals surface area contributed by atoms with Gasteiger partial charge in [0.2, 0.25) is 10.0 Å². The normalized spacial score (nSPS) is 11.5. The van der Waals surface area contributed by atoms with Crippen LogP contribution in [0.4, 0.5) is 5.82 Å². The molecule has 3 rings (SSSR count). The lowest BCUT2D eigenvalue weighted by Gasteiger charge is -2.09. The standard InChI is InChI=1S/C14H13ClN6O2S/c15-10-2-1-3-11(8-10)24(22,23)21-7-6-18-14-12-13(19-9-20-14)17-5-4-16-12/h1-5,8-9,21H,6-7H2,(H,17,18,19,20). The van der Waals surface area contributed by atoms with Crippen molar-refractivity contribution in [3.8, 4) is 0 Å². The quantitative estimate of drug-likeness (QED) is 0.637. The molecule has 24 heavy (non-hydrogen) atoms. The van der Waals surface area contributed by atoms with Crippen molar-refractivity contribution in [2.45, 2.75) is 4.90 Å². The molecule has 2 heterocycles. The van der Waals surface area contributed by atoms with Gasteiger partial charge in [-0.25, -0.2) is 33.1 Å². The van der Waals surface area contributed by atoms with Crippen LogP contribution in [0, 0.1) is 0 Å². The third kappa shape index (κ3) is 3.75. The van der Waals surface area contributed by atoms with E-state index in [0.29, 0.717) is 28.5 Å². The van der Waals surface area contributed by atoms with E-state index in [9.17, 15) is 8.42 Å². The van der Waals surface area contributed by atoms with Gasteiger partial charge in [-0.2, -0.15) is 0 Å². The van der Waals surface area contributed by atoms with E-state index in [2.05, 4.69) is 30.0 Å². The molecule has 1 aromatic carbocycles. The minimum atomic E-state index is -3.61. The molecule has 8 nitrogen and oxygen atoms in total. The maximum atomic E-state index is 12.2. The maximum Gasteiger partial charge on any atom is 0.240 e. The summed E-state index contributed by atoms with van der Waals surface area (Å²) in [5.41, 5.74) is 0.993. The Morgan fingerprint density at radius 2 is 1.88 bits per heavy atom. The molecule has 0 unspecified atom stereocenters. The fraction of sp³-hybridized carbons (Fsp3) is 0.143. The smallest absolute Gasteiger partial charge is 0.240 e. The number of hydrogen-bond donors (Lipinski definition) is 2. The summed E-state index contributed by atoms with van der Waals surface area (Å²) in [6.07, 6.45) is 4.45. The minimum absolute atomic E-state index is 0.119. The Morgan fingerprint density at radius 1 is 1.04 bits per heavy atom. The summed E-state index contributed by atoms with van der Waals surface area (Å²) >= 11 is 5.82. The molecule has 0 bridgehead atoms. The van der Waals surface area contributed by atoms with Crippen LogP contribution in [0.5, 0.6) is 0 Å². The van der Waals surface area contributed by atoms with Gasteiger partial charge in [-0.3, -0.25) is 0 Å². The van der Waals surface area contributed by atoms with Crippen LogP contribution in [0.3, 0.4) is 0 Å².